The van der Waals surface area contributed by atoms with Gasteiger partial charge in [-0.2, -0.15) is 5.26 Å². The van der Waals surface area contributed by atoms with E-state index in [0.717, 1.165) is 36.6 Å². The number of rotatable bonds is 3. The van der Waals surface area contributed by atoms with E-state index in [-0.39, 0.29) is 5.78 Å². The first-order valence-electron chi connectivity index (χ1n) is 7.76. The quantitative estimate of drug-likeness (QED) is 0.815. The molecule has 1 aliphatic rings. The summed E-state index contributed by atoms with van der Waals surface area (Å²) in [7, 11) is 0. The van der Waals surface area contributed by atoms with Crippen LogP contribution in [0.1, 0.15) is 46.9 Å². The lowest BCUT2D eigenvalue weighted by Crippen LogP contribution is -2.32. The fourth-order valence-electron chi connectivity index (χ4n) is 2.88. The van der Waals surface area contributed by atoms with Crippen LogP contribution in [0, 0.1) is 11.3 Å². The fraction of sp³-hybridized carbons (Fsp3) is 0.333. The molecule has 1 aromatic carbocycles. The lowest BCUT2D eigenvalue weighted by Gasteiger charge is -2.31. The summed E-state index contributed by atoms with van der Waals surface area (Å²) in [6.07, 6.45) is 3.55. The summed E-state index contributed by atoms with van der Waals surface area (Å²) in [5.41, 5.74) is 4.21. The standard InChI is InChI=1S/C18H18N4O/c1-3-18-20-10-14-6-7-22(11-16(14)21-18)17-8-13(9-19)4-5-15(17)12(2)23/h4-5,8,10H,3,6-7,11H2,1-2H3. The third-order valence-corrected chi connectivity index (χ3v) is 4.16. The van der Waals surface area contributed by atoms with Crippen LogP contribution in [0.5, 0.6) is 0 Å². The highest BCUT2D eigenvalue weighted by atomic mass is 16.1. The van der Waals surface area contributed by atoms with Gasteiger partial charge in [-0.3, -0.25) is 4.79 Å². The maximum atomic E-state index is 11.9. The summed E-state index contributed by atoms with van der Waals surface area (Å²) >= 11 is 0. The summed E-state index contributed by atoms with van der Waals surface area (Å²) in [5.74, 6) is 0.843. The zero-order chi connectivity index (χ0) is 16.4. The average Bonchev–Trinajstić information content (AvgIpc) is 2.60. The molecule has 5 heteroatoms. The van der Waals surface area contributed by atoms with Gasteiger partial charge in [0.1, 0.15) is 5.82 Å². The van der Waals surface area contributed by atoms with Crippen molar-refractivity contribution in [1.29, 1.82) is 5.26 Å². The molecule has 0 atom stereocenters. The molecule has 2 aromatic rings. The van der Waals surface area contributed by atoms with Gasteiger partial charge in [0.25, 0.3) is 0 Å². The van der Waals surface area contributed by atoms with Crippen molar-refractivity contribution in [2.45, 2.75) is 33.2 Å². The monoisotopic (exact) mass is 306 g/mol. The molecule has 0 radical (unpaired) electrons. The van der Waals surface area contributed by atoms with Gasteiger partial charge in [-0.1, -0.05) is 6.92 Å². The van der Waals surface area contributed by atoms with E-state index in [2.05, 4.69) is 20.9 Å². The number of benzene rings is 1. The van der Waals surface area contributed by atoms with Crippen LogP contribution in [0.4, 0.5) is 5.69 Å². The molecule has 0 bridgehead atoms. The zero-order valence-corrected chi connectivity index (χ0v) is 13.3. The Labute approximate surface area is 135 Å². The third kappa shape index (κ3) is 2.93. The predicted octanol–water partition coefficient (Wildman–Crippen LogP) is 2.68. The number of aromatic nitrogens is 2. The number of fused-ring (bicyclic) bond motifs is 1. The van der Waals surface area contributed by atoms with Crippen molar-refractivity contribution in [2.24, 2.45) is 0 Å². The number of nitrogens with zero attached hydrogens (tertiary/aromatic N) is 4. The van der Waals surface area contributed by atoms with Crippen molar-refractivity contribution >= 4 is 11.5 Å². The van der Waals surface area contributed by atoms with Gasteiger partial charge in [0, 0.05) is 30.4 Å². The minimum Gasteiger partial charge on any atom is -0.365 e. The summed E-state index contributed by atoms with van der Waals surface area (Å²) in [6.45, 7) is 5.02. The van der Waals surface area contributed by atoms with Gasteiger partial charge in [-0.05, 0) is 37.1 Å². The van der Waals surface area contributed by atoms with E-state index < -0.39 is 0 Å². The minimum absolute atomic E-state index is 0.00669. The van der Waals surface area contributed by atoms with Gasteiger partial charge in [0.05, 0.1) is 23.9 Å². The number of hydrogen-bond donors (Lipinski definition) is 0. The Morgan fingerprint density at radius 2 is 2.26 bits per heavy atom. The molecule has 23 heavy (non-hydrogen) atoms. The highest BCUT2D eigenvalue weighted by Gasteiger charge is 2.22. The van der Waals surface area contributed by atoms with Gasteiger partial charge in [0.2, 0.25) is 0 Å². The average molecular weight is 306 g/mol. The molecule has 0 fully saturated rings. The van der Waals surface area contributed by atoms with E-state index in [4.69, 9.17) is 5.26 Å². The van der Waals surface area contributed by atoms with Crippen molar-refractivity contribution in [3.8, 4) is 6.07 Å². The summed E-state index contributed by atoms with van der Waals surface area (Å²) in [6, 6.07) is 7.37. The summed E-state index contributed by atoms with van der Waals surface area (Å²) in [4.78, 5) is 23.0. The normalized spacial score (nSPS) is 13.3. The molecule has 0 aliphatic carbocycles. The van der Waals surface area contributed by atoms with Crippen molar-refractivity contribution in [3.63, 3.8) is 0 Å². The SMILES string of the molecule is CCc1ncc2c(n1)CN(c1cc(C#N)ccc1C(C)=O)CC2. The number of carbonyl (C=O) groups is 1. The number of ketones is 1. The minimum atomic E-state index is 0.00669. The lowest BCUT2D eigenvalue weighted by molar-refractivity contribution is 0.101. The van der Waals surface area contributed by atoms with Crippen LogP contribution in [-0.2, 0) is 19.4 Å². The van der Waals surface area contributed by atoms with Gasteiger partial charge in [0.15, 0.2) is 5.78 Å². The maximum Gasteiger partial charge on any atom is 0.161 e. The second kappa shape index (κ2) is 6.17. The van der Waals surface area contributed by atoms with Crippen molar-refractivity contribution in [1.82, 2.24) is 9.97 Å². The maximum absolute atomic E-state index is 11.9. The van der Waals surface area contributed by atoms with Crippen molar-refractivity contribution in [2.75, 3.05) is 11.4 Å². The van der Waals surface area contributed by atoms with Crippen molar-refractivity contribution in [3.05, 3.63) is 52.6 Å². The highest BCUT2D eigenvalue weighted by Crippen LogP contribution is 2.28. The second-order valence-corrected chi connectivity index (χ2v) is 5.68. The Morgan fingerprint density at radius 1 is 1.43 bits per heavy atom. The molecule has 0 N–H and O–H groups in total. The zero-order valence-electron chi connectivity index (χ0n) is 13.3. The Bertz CT molecular complexity index is 807. The fourth-order valence-corrected chi connectivity index (χ4v) is 2.88. The topological polar surface area (TPSA) is 69.9 Å². The van der Waals surface area contributed by atoms with Crippen molar-refractivity contribution < 1.29 is 4.79 Å². The number of nitriles is 1. The number of anilines is 1. The van der Waals surface area contributed by atoms with Crippen LogP contribution in [-0.4, -0.2) is 22.3 Å². The number of carbonyl (C=O) groups excluding carboxylic acids is 1. The molecule has 0 spiro atoms. The van der Waals surface area contributed by atoms with Crippen LogP contribution in [0.2, 0.25) is 0 Å². The molecule has 5 nitrogen and oxygen atoms in total. The smallest absolute Gasteiger partial charge is 0.161 e. The van der Waals surface area contributed by atoms with E-state index in [1.54, 1.807) is 25.1 Å². The molecule has 0 unspecified atom stereocenters. The molecule has 0 saturated heterocycles. The number of Topliss-reactive ketones (excluding diaryl/α,β-unsaturated/α-hetero) is 1. The van der Waals surface area contributed by atoms with E-state index in [1.807, 2.05) is 13.1 Å². The molecule has 1 aromatic heterocycles. The molecule has 2 heterocycles. The van der Waals surface area contributed by atoms with Crippen LogP contribution < -0.4 is 4.90 Å². The molecule has 0 saturated carbocycles. The van der Waals surface area contributed by atoms with E-state index in [9.17, 15) is 4.79 Å². The third-order valence-electron chi connectivity index (χ3n) is 4.16. The van der Waals surface area contributed by atoms with Gasteiger partial charge < -0.3 is 4.90 Å². The van der Waals surface area contributed by atoms with Crippen LogP contribution in [0.25, 0.3) is 0 Å². The molecule has 0 amide bonds. The van der Waals surface area contributed by atoms with Crippen LogP contribution >= 0.6 is 0 Å². The lowest BCUT2D eigenvalue weighted by atomic mass is 10.0. The molecular weight excluding hydrogens is 288 g/mol. The Balaban J connectivity index is 2.00. The van der Waals surface area contributed by atoms with E-state index in [1.165, 1.54) is 5.56 Å². The predicted molar refractivity (Wildman–Crippen MR) is 87.3 cm³/mol. The van der Waals surface area contributed by atoms with Crippen LogP contribution in [0.3, 0.4) is 0 Å². The van der Waals surface area contributed by atoms with Gasteiger partial charge in [-0.15, -0.1) is 0 Å². The second-order valence-electron chi connectivity index (χ2n) is 5.68. The Morgan fingerprint density at radius 3 is 2.96 bits per heavy atom. The van der Waals surface area contributed by atoms with E-state index >= 15 is 0 Å². The first-order valence-corrected chi connectivity index (χ1v) is 7.76. The van der Waals surface area contributed by atoms with Gasteiger partial charge >= 0.3 is 0 Å². The first-order chi connectivity index (χ1) is 11.1. The number of hydrogen-bond acceptors (Lipinski definition) is 5. The van der Waals surface area contributed by atoms with Gasteiger partial charge in [-0.25, -0.2) is 9.97 Å². The largest absolute Gasteiger partial charge is 0.365 e. The molecular formula is C18H18N4O. The Kier molecular flexibility index (Phi) is 4.07. The Hall–Kier alpha value is -2.74. The summed E-state index contributed by atoms with van der Waals surface area (Å²) < 4.78 is 0. The molecule has 1 aliphatic heterocycles. The molecule has 116 valence electrons. The highest BCUT2D eigenvalue weighted by molar-refractivity contribution is 6.00. The first kappa shape index (κ1) is 15.2. The molecule has 3 rings (SSSR count). The van der Waals surface area contributed by atoms with E-state index in [0.29, 0.717) is 17.7 Å². The summed E-state index contributed by atoms with van der Waals surface area (Å²) in [5, 5.41) is 9.14. The van der Waals surface area contributed by atoms with Crippen LogP contribution in [0.15, 0.2) is 24.4 Å². The number of aryl methyl sites for hydroxylation is 1.